The Balaban J connectivity index is 1.45. The summed E-state index contributed by atoms with van der Waals surface area (Å²) in [7, 11) is 3.22. The molecule has 2 aromatic carbocycles. The summed E-state index contributed by atoms with van der Waals surface area (Å²) in [4.78, 5) is 40.6. The van der Waals surface area contributed by atoms with Gasteiger partial charge < -0.3 is 25.3 Å². The van der Waals surface area contributed by atoms with Gasteiger partial charge in [-0.15, -0.1) is 10.2 Å². The maximum absolute atomic E-state index is 13.4. The molecule has 46 heavy (non-hydrogen) atoms. The fourth-order valence-corrected chi connectivity index (χ4v) is 7.41. The van der Waals surface area contributed by atoms with Crippen molar-refractivity contribution in [2.45, 2.75) is 82.3 Å². The predicted molar refractivity (Wildman–Crippen MR) is 170 cm³/mol. The Labute approximate surface area is 269 Å². The molecule has 2 fully saturated rings. The molecule has 11 nitrogen and oxygen atoms in total. The lowest BCUT2D eigenvalue weighted by molar-refractivity contribution is -0.131. The van der Waals surface area contributed by atoms with Gasteiger partial charge in [0.05, 0.1) is 12.6 Å². The average molecular weight is 624 g/mol. The topological polar surface area (TPSA) is 153 Å². The van der Waals surface area contributed by atoms with Gasteiger partial charge in [-0.2, -0.15) is 5.26 Å². The van der Waals surface area contributed by atoms with E-state index in [4.69, 9.17) is 4.42 Å². The number of aromatic nitrogens is 2. The van der Waals surface area contributed by atoms with Crippen LogP contribution in [0.4, 0.5) is 0 Å². The van der Waals surface area contributed by atoms with Gasteiger partial charge in [0, 0.05) is 43.2 Å². The largest absolute Gasteiger partial charge is 0.424 e. The molecule has 1 saturated heterocycles. The first-order valence-electron chi connectivity index (χ1n) is 16.1. The molecule has 3 aliphatic rings. The summed E-state index contributed by atoms with van der Waals surface area (Å²) in [5, 5.41) is 27.6. The zero-order valence-corrected chi connectivity index (χ0v) is 27.0. The standard InChI is InChI=1S/C35H41N7O4/c1-19(2)33-40-41-34(46-33)35(16-20(3)39-18-30(43)42-26(17-36)14-25-15-29(25)42)27-10-8-23(31(44)37-4)12-21(27)6-7-22-13-24(32(45)38-5)9-11-28(22)35/h8-13,19-20,25-26,29,39H,6-7,14-16,18H2,1-5H3,(H,37,44)(H,38,45)/t20-,25+,26-,29-/m0/s1. The number of rotatable bonds is 9. The Hall–Kier alpha value is -4.56. The number of aryl methyl sites for hydroxylation is 2. The molecular weight excluding hydrogens is 582 g/mol. The van der Waals surface area contributed by atoms with E-state index in [2.05, 4.69) is 32.2 Å². The number of piperidine rings is 1. The number of benzene rings is 2. The second-order valence-corrected chi connectivity index (χ2v) is 13.1. The third-order valence-electron chi connectivity index (χ3n) is 9.83. The van der Waals surface area contributed by atoms with Gasteiger partial charge >= 0.3 is 0 Å². The average Bonchev–Trinajstić information content (AvgIpc) is 3.49. The van der Waals surface area contributed by atoms with Crippen molar-refractivity contribution in [2.24, 2.45) is 5.92 Å². The van der Waals surface area contributed by atoms with E-state index in [1.165, 1.54) is 0 Å². The number of nitrogens with one attached hydrogen (secondary N) is 3. The first-order valence-corrected chi connectivity index (χ1v) is 16.1. The Bertz CT molecular complexity index is 1660. The summed E-state index contributed by atoms with van der Waals surface area (Å²) < 4.78 is 6.49. The number of carbonyl (C=O) groups excluding carboxylic acids is 3. The van der Waals surface area contributed by atoms with E-state index in [1.807, 2.05) is 57.2 Å². The maximum Gasteiger partial charge on any atom is 0.251 e. The van der Waals surface area contributed by atoms with Gasteiger partial charge in [0.2, 0.25) is 17.7 Å². The smallest absolute Gasteiger partial charge is 0.251 e. The lowest BCUT2D eigenvalue weighted by Crippen LogP contribution is -2.46. The van der Waals surface area contributed by atoms with Gasteiger partial charge in [0.15, 0.2) is 0 Å². The summed E-state index contributed by atoms with van der Waals surface area (Å²) in [5.74, 6) is 0.955. The highest BCUT2D eigenvalue weighted by Gasteiger charge is 2.54. The maximum atomic E-state index is 13.4. The van der Waals surface area contributed by atoms with E-state index in [1.54, 1.807) is 19.0 Å². The minimum absolute atomic E-state index is 0.00207. The fraction of sp³-hybridized carbons (Fsp3) is 0.486. The highest BCUT2D eigenvalue weighted by Crippen LogP contribution is 2.49. The summed E-state index contributed by atoms with van der Waals surface area (Å²) in [6.45, 7) is 6.13. The second-order valence-electron chi connectivity index (χ2n) is 13.1. The summed E-state index contributed by atoms with van der Waals surface area (Å²) in [6, 6.07) is 13.4. The van der Waals surface area contributed by atoms with Crippen LogP contribution in [0.1, 0.15) is 101 Å². The third kappa shape index (κ3) is 5.45. The Morgan fingerprint density at radius 3 is 2.11 bits per heavy atom. The molecule has 1 aliphatic heterocycles. The van der Waals surface area contributed by atoms with Crippen molar-refractivity contribution in [2.75, 3.05) is 20.6 Å². The number of nitrogens with zero attached hydrogens (tertiary/aromatic N) is 4. The molecule has 6 rings (SSSR count). The zero-order valence-electron chi connectivity index (χ0n) is 27.0. The first kappa shape index (κ1) is 31.4. The molecule has 0 unspecified atom stereocenters. The number of hydrogen-bond acceptors (Lipinski definition) is 8. The van der Waals surface area contributed by atoms with Crippen LogP contribution < -0.4 is 16.0 Å². The van der Waals surface area contributed by atoms with Gasteiger partial charge in [0.1, 0.15) is 11.5 Å². The van der Waals surface area contributed by atoms with E-state index >= 15 is 0 Å². The number of nitriles is 1. The van der Waals surface area contributed by atoms with Crippen molar-refractivity contribution >= 4 is 17.7 Å². The van der Waals surface area contributed by atoms with Crippen LogP contribution in [0, 0.1) is 17.2 Å². The van der Waals surface area contributed by atoms with E-state index in [0.717, 1.165) is 35.1 Å². The molecule has 1 saturated carbocycles. The lowest BCUT2D eigenvalue weighted by atomic mass is 9.68. The number of amides is 3. The molecule has 0 bridgehead atoms. The zero-order chi connectivity index (χ0) is 32.7. The minimum atomic E-state index is -0.955. The van der Waals surface area contributed by atoms with Crippen LogP contribution in [-0.2, 0) is 23.1 Å². The molecule has 0 radical (unpaired) electrons. The van der Waals surface area contributed by atoms with Crippen LogP contribution in [0.5, 0.6) is 0 Å². The van der Waals surface area contributed by atoms with Gasteiger partial charge in [-0.05, 0) is 91.5 Å². The normalized spacial score (nSPS) is 21.3. The summed E-state index contributed by atoms with van der Waals surface area (Å²) >= 11 is 0. The molecule has 4 atom stereocenters. The molecule has 2 aliphatic carbocycles. The molecule has 2 heterocycles. The van der Waals surface area contributed by atoms with Crippen molar-refractivity contribution in [1.82, 2.24) is 31.0 Å². The van der Waals surface area contributed by atoms with Crippen molar-refractivity contribution in [3.8, 4) is 6.07 Å². The first-order chi connectivity index (χ1) is 22.1. The number of fused-ring (bicyclic) bond motifs is 3. The molecule has 1 aromatic heterocycles. The third-order valence-corrected chi connectivity index (χ3v) is 9.83. The van der Waals surface area contributed by atoms with E-state index < -0.39 is 5.41 Å². The van der Waals surface area contributed by atoms with E-state index in [9.17, 15) is 19.6 Å². The molecule has 3 aromatic rings. The van der Waals surface area contributed by atoms with Crippen molar-refractivity contribution in [1.29, 1.82) is 5.26 Å². The summed E-state index contributed by atoms with van der Waals surface area (Å²) in [6.07, 6.45) is 3.44. The second kappa shape index (κ2) is 12.3. The number of hydrogen-bond donors (Lipinski definition) is 3. The minimum Gasteiger partial charge on any atom is -0.424 e. The Kier molecular flexibility index (Phi) is 8.42. The van der Waals surface area contributed by atoms with E-state index in [-0.39, 0.29) is 48.3 Å². The quantitative estimate of drug-likeness (QED) is 0.329. The molecule has 3 amide bonds. The van der Waals surface area contributed by atoms with Crippen molar-refractivity contribution in [3.05, 3.63) is 81.6 Å². The SMILES string of the molecule is CNC(=O)c1ccc2c(c1)CCc1cc(C(=O)NC)ccc1C2(C[C@H](C)NCC(=O)N1[C@H](C#N)C[C@@H]2C[C@@H]21)c1nnc(C(C)C)o1. The molecule has 3 N–H and O–H groups in total. The highest BCUT2D eigenvalue weighted by atomic mass is 16.4. The predicted octanol–water partition coefficient (Wildman–Crippen LogP) is 3.23. The Morgan fingerprint density at radius 2 is 1.59 bits per heavy atom. The van der Waals surface area contributed by atoms with Crippen molar-refractivity contribution in [3.63, 3.8) is 0 Å². The van der Waals surface area contributed by atoms with Crippen molar-refractivity contribution < 1.29 is 18.8 Å². The monoisotopic (exact) mass is 623 g/mol. The van der Waals surface area contributed by atoms with E-state index in [0.29, 0.717) is 48.1 Å². The molecular formula is C35H41N7O4. The highest BCUT2D eigenvalue weighted by molar-refractivity contribution is 5.95. The summed E-state index contributed by atoms with van der Waals surface area (Å²) in [5.41, 5.74) is 3.97. The number of carbonyl (C=O) groups is 3. The fourth-order valence-electron chi connectivity index (χ4n) is 7.41. The van der Waals surface area contributed by atoms with Crippen LogP contribution >= 0.6 is 0 Å². The van der Waals surface area contributed by atoms with Crippen LogP contribution in [0.15, 0.2) is 40.8 Å². The van der Waals surface area contributed by atoms with Gasteiger partial charge in [0.25, 0.3) is 11.8 Å². The molecule has 0 spiro atoms. The Morgan fingerprint density at radius 1 is 0.978 bits per heavy atom. The van der Waals surface area contributed by atoms with Crippen LogP contribution in [0.25, 0.3) is 0 Å². The number of likely N-dealkylation sites (tertiary alicyclic amines) is 1. The molecule has 11 heteroatoms. The van der Waals surface area contributed by atoms with Gasteiger partial charge in [-0.25, -0.2) is 0 Å². The van der Waals surface area contributed by atoms with Gasteiger partial charge in [-0.3, -0.25) is 14.4 Å². The molecule has 240 valence electrons. The lowest BCUT2D eigenvalue weighted by Gasteiger charge is -2.36. The van der Waals surface area contributed by atoms with Gasteiger partial charge in [-0.1, -0.05) is 26.0 Å². The van der Waals surface area contributed by atoms with Crippen LogP contribution in [0.2, 0.25) is 0 Å². The van der Waals surface area contributed by atoms with Crippen LogP contribution in [0.3, 0.4) is 0 Å². The van der Waals surface area contributed by atoms with Crippen LogP contribution in [-0.4, -0.2) is 71.6 Å².